The Kier molecular flexibility index (Phi) is 2.48. The van der Waals surface area contributed by atoms with Crippen molar-refractivity contribution in [2.45, 2.75) is 24.9 Å². The SMILES string of the molecule is NC1CC(N2CCS(=O)CC2)C1. The molecule has 3 nitrogen and oxygen atoms in total. The fourth-order valence-corrected chi connectivity index (χ4v) is 3.03. The molecule has 0 aromatic rings. The Morgan fingerprint density at radius 1 is 1.25 bits per heavy atom. The van der Waals surface area contributed by atoms with Crippen LogP contribution >= 0.6 is 0 Å². The average molecular weight is 188 g/mol. The minimum Gasteiger partial charge on any atom is -0.328 e. The van der Waals surface area contributed by atoms with E-state index in [2.05, 4.69) is 4.90 Å². The van der Waals surface area contributed by atoms with E-state index in [9.17, 15) is 4.21 Å². The van der Waals surface area contributed by atoms with Crippen LogP contribution in [0.15, 0.2) is 0 Å². The molecule has 4 heteroatoms. The molecule has 2 aliphatic rings. The van der Waals surface area contributed by atoms with Gasteiger partial charge in [0.25, 0.3) is 0 Å². The van der Waals surface area contributed by atoms with Crippen molar-refractivity contribution in [3.05, 3.63) is 0 Å². The maximum atomic E-state index is 11.1. The monoisotopic (exact) mass is 188 g/mol. The normalized spacial score (nSPS) is 39.4. The molecule has 1 saturated carbocycles. The summed E-state index contributed by atoms with van der Waals surface area (Å²) in [5, 5.41) is 0. The van der Waals surface area contributed by atoms with Gasteiger partial charge in [0, 0.05) is 47.5 Å². The van der Waals surface area contributed by atoms with Crippen molar-refractivity contribution in [1.29, 1.82) is 0 Å². The zero-order valence-corrected chi connectivity index (χ0v) is 8.05. The van der Waals surface area contributed by atoms with Gasteiger partial charge in [-0.15, -0.1) is 0 Å². The lowest BCUT2D eigenvalue weighted by molar-refractivity contribution is 0.121. The lowest BCUT2D eigenvalue weighted by Crippen LogP contribution is -2.54. The second kappa shape index (κ2) is 3.44. The molecule has 0 atom stereocenters. The Morgan fingerprint density at radius 2 is 1.83 bits per heavy atom. The topological polar surface area (TPSA) is 46.3 Å². The van der Waals surface area contributed by atoms with Crippen molar-refractivity contribution in [1.82, 2.24) is 4.90 Å². The number of nitrogens with zero attached hydrogens (tertiary/aromatic N) is 1. The van der Waals surface area contributed by atoms with Crippen molar-refractivity contribution >= 4 is 10.8 Å². The summed E-state index contributed by atoms with van der Waals surface area (Å²) >= 11 is 0. The highest BCUT2D eigenvalue weighted by Crippen LogP contribution is 2.24. The lowest BCUT2D eigenvalue weighted by atomic mass is 9.86. The molecular weight excluding hydrogens is 172 g/mol. The van der Waals surface area contributed by atoms with Gasteiger partial charge in [-0.2, -0.15) is 0 Å². The van der Waals surface area contributed by atoms with Crippen molar-refractivity contribution in [3.63, 3.8) is 0 Å². The second-order valence-electron chi connectivity index (χ2n) is 3.77. The van der Waals surface area contributed by atoms with Crippen LogP contribution in [-0.2, 0) is 10.8 Å². The molecule has 0 unspecified atom stereocenters. The first kappa shape index (κ1) is 8.66. The first-order valence-corrected chi connectivity index (χ1v) is 6.09. The third-order valence-electron chi connectivity index (χ3n) is 2.88. The molecule has 1 heterocycles. The van der Waals surface area contributed by atoms with Gasteiger partial charge in [0.05, 0.1) is 0 Å². The van der Waals surface area contributed by atoms with Gasteiger partial charge in [0.1, 0.15) is 0 Å². The first-order chi connectivity index (χ1) is 5.75. The number of hydrogen-bond donors (Lipinski definition) is 1. The Labute approximate surface area is 75.8 Å². The standard InChI is InChI=1S/C8H16N2OS/c9-7-5-8(6-7)10-1-3-12(11)4-2-10/h7-8H,1-6,9H2. The number of hydrogen-bond acceptors (Lipinski definition) is 3. The van der Waals surface area contributed by atoms with Gasteiger partial charge in [-0.1, -0.05) is 0 Å². The highest BCUT2D eigenvalue weighted by molar-refractivity contribution is 7.85. The van der Waals surface area contributed by atoms with Crippen LogP contribution in [0.4, 0.5) is 0 Å². The molecular formula is C8H16N2OS. The molecule has 0 aromatic heterocycles. The van der Waals surface area contributed by atoms with Gasteiger partial charge >= 0.3 is 0 Å². The predicted molar refractivity (Wildman–Crippen MR) is 50.4 cm³/mol. The molecule has 0 bridgehead atoms. The molecule has 0 radical (unpaired) electrons. The molecule has 0 spiro atoms. The highest BCUT2D eigenvalue weighted by Gasteiger charge is 2.32. The van der Waals surface area contributed by atoms with Crippen molar-refractivity contribution in [2.75, 3.05) is 24.6 Å². The third-order valence-corrected chi connectivity index (χ3v) is 4.15. The van der Waals surface area contributed by atoms with Crippen molar-refractivity contribution in [2.24, 2.45) is 5.73 Å². The summed E-state index contributed by atoms with van der Waals surface area (Å²) in [5.41, 5.74) is 5.72. The van der Waals surface area contributed by atoms with E-state index in [-0.39, 0.29) is 0 Å². The summed E-state index contributed by atoms with van der Waals surface area (Å²) in [6, 6.07) is 1.14. The Morgan fingerprint density at radius 3 is 2.33 bits per heavy atom. The maximum absolute atomic E-state index is 11.1. The fourth-order valence-electron chi connectivity index (χ4n) is 1.95. The maximum Gasteiger partial charge on any atom is 0.0363 e. The van der Waals surface area contributed by atoms with Crippen molar-refractivity contribution in [3.8, 4) is 0 Å². The molecule has 12 heavy (non-hydrogen) atoms. The predicted octanol–water partition coefficient (Wildman–Crippen LogP) is -0.460. The summed E-state index contributed by atoms with van der Waals surface area (Å²) in [7, 11) is -0.537. The van der Waals surface area contributed by atoms with Crippen LogP contribution in [0.5, 0.6) is 0 Å². The number of rotatable bonds is 1. The molecule has 1 aliphatic heterocycles. The van der Waals surface area contributed by atoms with E-state index >= 15 is 0 Å². The van der Waals surface area contributed by atoms with Gasteiger partial charge in [0.15, 0.2) is 0 Å². The summed E-state index contributed by atoms with van der Waals surface area (Å²) in [6.07, 6.45) is 2.29. The second-order valence-corrected chi connectivity index (χ2v) is 5.47. The van der Waals surface area contributed by atoms with Crippen LogP contribution in [0, 0.1) is 0 Å². The van der Waals surface area contributed by atoms with Crippen molar-refractivity contribution < 1.29 is 4.21 Å². The van der Waals surface area contributed by atoms with E-state index < -0.39 is 10.8 Å². The minimum absolute atomic E-state index is 0.433. The van der Waals surface area contributed by atoms with E-state index in [4.69, 9.17) is 5.73 Å². The Hall–Kier alpha value is 0.0700. The van der Waals surface area contributed by atoms with Gasteiger partial charge < -0.3 is 5.73 Å². The molecule has 1 saturated heterocycles. The summed E-state index contributed by atoms with van der Waals surface area (Å²) in [6.45, 7) is 2.04. The molecule has 1 aliphatic carbocycles. The van der Waals surface area contributed by atoms with Gasteiger partial charge in [-0.05, 0) is 12.8 Å². The molecule has 2 fully saturated rings. The zero-order valence-electron chi connectivity index (χ0n) is 7.24. The highest BCUT2D eigenvalue weighted by atomic mass is 32.2. The summed E-state index contributed by atoms with van der Waals surface area (Å²) < 4.78 is 11.1. The van der Waals surface area contributed by atoms with Gasteiger partial charge in [-0.25, -0.2) is 0 Å². The van der Waals surface area contributed by atoms with Crippen LogP contribution in [-0.4, -0.2) is 45.8 Å². The average Bonchev–Trinajstić information content (AvgIpc) is 2.01. The Balaban J connectivity index is 1.79. The largest absolute Gasteiger partial charge is 0.328 e. The smallest absolute Gasteiger partial charge is 0.0363 e. The fraction of sp³-hybridized carbons (Fsp3) is 1.00. The number of nitrogens with two attached hydrogens (primary N) is 1. The van der Waals surface area contributed by atoms with Crippen LogP contribution in [0.1, 0.15) is 12.8 Å². The summed E-state index contributed by atoms with van der Waals surface area (Å²) in [5.74, 6) is 1.73. The van der Waals surface area contributed by atoms with Crippen LogP contribution in [0.25, 0.3) is 0 Å². The quantitative estimate of drug-likeness (QED) is 0.606. The van der Waals surface area contributed by atoms with E-state index in [0.29, 0.717) is 12.1 Å². The Bertz CT molecular complexity index is 181. The molecule has 2 N–H and O–H groups in total. The van der Waals surface area contributed by atoms with Crippen LogP contribution in [0.2, 0.25) is 0 Å². The van der Waals surface area contributed by atoms with Gasteiger partial charge in [-0.3, -0.25) is 9.11 Å². The lowest BCUT2D eigenvalue weighted by Gasteiger charge is -2.42. The molecule has 0 aromatic carbocycles. The van der Waals surface area contributed by atoms with Crippen LogP contribution in [0.3, 0.4) is 0 Å². The minimum atomic E-state index is -0.537. The summed E-state index contributed by atoms with van der Waals surface area (Å²) in [4.78, 5) is 2.45. The van der Waals surface area contributed by atoms with E-state index in [1.807, 2.05) is 0 Å². The molecule has 2 rings (SSSR count). The van der Waals surface area contributed by atoms with E-state index in [1.54, 1.807) is 0 Å². The van der Waals surface area contributed by atoms with E-state index in [0.717, 1.165) is 37.4 Å². The molecule has 0 amide bonds. The third kappa shape index (κ3) is 1.70. The zero-order chi connectivity index (χ0) is 8.55. The molecule has 70 valence electrons. The first-order valence-electron chi connectivity index (χ1n) is 4.60. The van der Waals surface area contributed by atoms with Gasteiger partial charge in [0.2, 0.25) is 0 Å². The van der Waals surface area contributed by atoms with Crippen LogP contribution < -0.4 is 5.73 Å². The van der Waals surface area contributed by atoms with E-state index in [1.165, 1.54) is 0 Å².